The fourth-order valence-electron chi connectivity index (χ4n) is 3.63. The maximum Gasteiger partial charge on any atom is 0.267 e. The zero-order valence-electron chi connectivity index (χ0n) is 17.9. The predicted octanol–water partition coefficient (Wildman–Crippen LogP) is 4.58. The number of aliphatic imine (C=N–C) groups is 1. The lowest BCUT2D eigenvalue weighted by atomic mass is 10.0. The summed E-state index contributed by atoms with van der Waals surface area (Å²) >= 11 is 6.99. The SMILES string of the molecule is CN(C)c1ccc([C@@H]2CC(c3c(O)n(C)c(=S)n(C)c3=O)=Nc3ccccc3S2)cc1. The summed E-state index contributed by atoms with van der Waals surface area (Å²) < 4.78 is 3.07. The number of fused-ring (bicyclic) bond motifs is 1. The zero-order chi connectivity index (χ0) is 22.3. The fraction of sp³-hybridized carbons (Fsp3) is 0.261. The highest BCUT2D eigenvalue weighted by atomic mass is 32.2. The number of aromatic nitrogens is 2. The molecule has 160 valence electrons. The molecule has 8 heteroatoms. The van der Waals surface area contributed by atoms with Crippen LogP contribution in [0.15, 0.2) is 63.2 Å². The number of rotatable bonds is 3. The van der Waals surface area contributed by atoms with Crippen LogP contribution in [-0.2, 0) is 14.1 Å². The number of nitrogens with zero attached hydrogens (tertiary/aromatic N) is 4. The number of hydrogen-bond donors (Lipinski definition) is 1. The van der Waals surface area contributed by atoms with Gasteiger partial charge in [-0.05, 0) is 42.0 Å². The van der Waals surface area contributed by atoms with Crippen LogP contribution in [0.3, 0.4) is 0 Å². The maximum absolute atomic E-state index is 13.1. The van der Waals surface area contributed by atoms with Crippen LogP contribution in [0.4, 0.5) is 11.4 Å². The molecule has 0 saturated carbocycles. The molecule has 0 fully saturated rings. The summed E-state index contributed by atoms with van der Waals surface area (Å²) in [6, 6.07) is 16.3. The number of benzene rings is 2. The molecular formula is C23H24N4O2S2. The van der Waals surface area contributed by atoms with Gasteiger partial charge >= 0.3 is 0 Å². The third-order valence-electron chi connectivity index (χ3n) is 5.47. The average Bonchev–Trinajstić information content (AvgIpc) is 2.96. The lowest BCUT2D eigenvalue weighted by Crippen LogP contribution is -2.29. The smallest absolute Gasteiger partial charge is 0.267 e. The highest BCUT2D eigenvalue weighted by molar-refractivity contribution is 7.99. The summed E-state index contributed by atoms with van der Waals surface area (Å²) in [5, 5.41) is 10.9. The zero-order valence-corrected chi connectivity index (χ0v) is 19.5. The van der Waals surface area contributed by atoms with Gasteiger partial charge in [-0.25, -0.2) is 0 Å². The van der Waals surface area contributed by atoms with Gasteiger partial charge < -0.3 is 10.0 Å². The molecule has 0 radical (unpaired) electrons. The van der Waals surface area contributed by atoms with Gasteiger partial charge in [0.2, 0.25) is 5.88 Å². The number of thioether (sulfide) groups is 1. The summed E-state index contributed by atoms with van der Waals surface area (Å²) in [5.41, 5.74) is 3.47. The van der Waals surface area contributed by atoms with E-state index in [0.29, 0.717) is 12.1 Å². The second-order valence-corrected chi connectivity index (χ2v) is 9.34. The second-order valence-electron chi connectivity index (χ2n) is 7.73. The minimum atomic E-state index is -0.342. The Morgan fingerprint density at radius 1 is 1.10 bits per heavy atom. The highest BCUT2D eigenvalue weighted by Gasteiger charge is 2.27. The van der Waals surface area contributed by atoms with Crippen molar-refractivity contribution in [3.63, 3.8) is 0 Å². The van der Waals surface area contributed by atoms with E-state index in [0.717, 1.165) is 21.8 Å². The normalized spacial score (nSPS) is 15.7. The van der Waals surface area contributed by atoms with Gasteiger partial charge in [0.15, 0.2) is 4.77 Å². The summed E-state index contributed by atoms with van der Waals surface area (Å²) in [6.45, 7) is 0. The van der Waals surface area contributed by atoms with E-state index in [-0.39, 0.29) is 27.0 Å². The quantitative estimate of drug-likeness (QED) is 0.589. The molecule has 0 unspecified atom stereocenters. The van der Waals surface area contributed by atoms with Crippen LogP contribution in [0.5, 0.6) is 5.88 Å². The number of para-hydroxylation sites is 1. The van der Waals surface area contributed by atoms with Crippen molar-refractivity contribution in [1.82, 2.24) is 9.13 Å². The van der Waals surface area contributed by atoms with E-state index in [2.05, 4.69) is 29.2 Å². The fourth-order valence-corrected chi connectivity index (χ4v) is 5.03. The number of aromatic hydroxyl groups is 1. The van der Waals surface area contributed by atoms with Crippen molar-refractivity contribution < 1.29 is 5.11 Å². The van der Waals surface area contributed by atoms with E-state index in [1.165, 1.54) is 9.13 Å². The first kappa shape index (κ1) is 21.4. The van der Waals surface area contributed by atoms with Crippen LogP contribution < -0.4 is 10.5 Å². The van der Waals surface area contributed by atoms with Crippen molar-refractivity contribution in [2.24, 2.45) is 19.1 Å². The number of anilines is 1. The van der Waals surface area contributed by atoms with Gasteiger partial charge in [0.1, 0.15) is 5.56 Å². The Hall–Kier alpha value is -2.84. The molecule has 31 heavy (non-hydrogen) atoms. The Morgan fingerprint density at radius 3 is 2.45 bits per heavy atom. The van der Waals surface area contributed by atoms with Gasteiger partial charge in [-0.15, -0.1) is 11.8 Å². The van der Waals surface area contributed by atoms with Gasteiger partial charge in [-0.3, -0.25) is 18.9 Å². The molecule has 2 aromatic carbocycles. The lowest BCUT2D eigenvalue weighted by Gasteiger charge is -2.19. The number of hydrogen-bond acceptors (Lipinski definition) is 6. The van der Waals surface area contributed by atoms with Crippen molar-refractivity contribution >= 4 is 41.1 Å². The lowest BCUT2D eigenvalue weighted by molar-refractivity contribution is 0.414. The van der Waals surface area contributed by atoms with E-state index in [1.54, 1.807) is 25.9 Å². The van der Waals surface area contributed by atoms with Crippen molar-refractivity contribution in [3.8, 4) is 5.88 Å². The van der Waals surface area contributed by atoms with E-state index < -0.39 is 0 Å². The highest BCUT2D eigenvalue weighted by Crippen LogP contribution is 2.45. The first-order valence-electron chi connectivity index (χ1n) is 9.87. The molecular weight excluding hydrogens is 428 g/mol. The van der Waals surface area contributed by atoms with E-state index >= 15 is 0 Å². The Kier molecular flexibility index (Phi) is 5.77. The largest absolute Gasteiger partial charge is 0.494 e. The van der Waals surface area contributed by atoms with Crippen molar-refractivity contribution in [2.75, 3.05) is 19.0 Å². The van der Waals surface area contributed by atoms with Crippen LogP contribution in [0.1, 0.15) is 22.8 Å². The van der Waals surface area contributed by atoms with Crippen molar-refractivity contribution in [1.29, 1.82) is 0 Å². The first-order valence-corrected chi connectivity index (χ1v) is 11.2. The topological polar surface area (TPSA) is 62.8 Å². The molecule has 0 spiro atoms. The molecule has 1 N–H and O–H groups in total. The van der Waals surface area contributed by atoms with Gasteiger partial charge in [0.05, 0.1) is 11.4 Å². The maximum atomic E-state index is 13.1. The Morgan fingerprint density at radius 2 is 1.77 bits per heavy atom. The standard InChI is InChI=1S/C23H24N4O2S2/c1-25(2)15-11-9-14(10-12-15)19-13-17(24-16-7-5-6-8-18(16)31-19)20-21(28)26(3)23(30)27(4)22(20)29/h5-12,19,28H,13H2,1-4H3/t19-/m0/s1. The minimum Gasteiger partial charge on any atom is -0.494 e. The van der Waals surface area contributed by atoms with Gasteiger partial charge in [-0.2, -0.15) is 0 Å². The molecule has 4 rings (SSSR count). The van der Waals surface area contributed by atoms with Gasteiger partial charge in [0.25, 0.3) is 5.56 Å². The second kappa shape index (κ2) is 8.36. The summed E-state index contributed by atoms with van der Waals surface area (Å²) in [5.74, 6) is -0.155. The Bertz CT molecular complexity index is 1290. The molecule has 6 nitrogen and oxygen atoms in total. The Labute approximate surface area is 190 Å². The molecule has 3 aromatic rings. The van der Waals surface area contributed by atoms with Crippen LogP contribution in [-0.4, -0.2) is 34.0 Å². The molecule has 0 amide bonds. The van der Waals surface area contributed by atoms with Gasteiger partial charge in [-0.1, -0.05) is 24.3 Å². The minimum absolute atomic E-state index is 0.0382. The van der Waals surface area contributed by atoms with Gasteiger partial charge in [0, 0.05) is 50.4 Å². The van der Waals surface area contributed by atoms with Crippen molar-refractivity contribution in [3.05, 3.63) is 74.8 Å². The van der Waals surface area contributed by atoms with E-state index in [1.807, 2.05) is 38.4 Å². The van der Waals surface area contributed by atoms with Crippen LogP contribution >= 0.6 is 24.0 Å². The summed E-state index contributed by atoms with van der Waals surface area (Å²) in [4.78, 5) is 21.0. The summed E-state index contributed by atoms with van der Waals surface area (Å²) in [7, 11) is 7.29. The van der Waals surface area contributed by atoms with Crippen LogP contribution in [0, 0.1) is 4.77 Å². The third-order valence-corrected chi connectivity index (χ3v) is 7.34. The Balaban J connectivity index is 1.88. The molecule has 1 aliphatic rings. The van der Waals surface area contributed by atoms with Crippen molar-refractivity contribution in [2.45, 2.75) is 16.6 Å². The van der Waals surface area contributed by atoms with Crippen LogP contribution in [0.2, 0.25) is 0 Å². The van der Waals surface area contributed by atoms with E-state index in [4.69, 9.17) is 17.2 Å². The molecule has 1 atom stereocenters. The molecule has 1 aromatic heterocycles. The molecule has 0 bridgehead atoms. The summed E-state index contributed by atoms with van der Waals surface area (Å²) in [6.07, 6.45) is 0.500. The third kappa shape index (κ3) is 3.93. The first-order chi connectivity index (χ1) is 14.8. The predicted molar refractivity (Wildman–Crippen MR) is 130 cm³/mol. The van der Waals surface area contributed by atoms with Crippen LogP contribution in [0.25, 0.3) is 0 Å². The van der Waals surface area contributed by atoms with E-state index in [9.17, 15) is 9.90 Å². The monoisotopic (exact) mass is 452 g/mol. The molecule has 1 aliphatic heterocycles. The average molecular weight is 453 g/mol. The molecule has 0 aliphatic carbocycles. The molecule has 0 saturated heterocycles. The molecule has 2 heterocycles.